The van der Waals surface area contributed by atoms with Crippen LogP contribution in [0.3, 0.4) is 0 Å². The van der Waals surface area contributed by atoms with Gasteiger partial charge in [-0.25, -0.2) is 0 Å². The molecule has 0 aliphatic carbocycles. The maximum Gasteiger partial charge on any atom is 0.230 e. The monoisotopic (exact) mass is 226 g/mol. The number of carbonyl (C=O) groups excluding carboxylic acids is 1. The minimum atomic E-state index is -0.203. The fourth-order valence-electron chi connectivity index (χ4n) is 2.53. The summed E-state index contributed by atoms with van der Waals surface area (Å²) in [4.78, 5) is 14.5. The van der Waals surface area contributed by atoms with E-state index in [1.807, 2.05) is 11.8 Å². The van der Waals surface area contributed by atoms with Crippen molar-refractivity contribution in [2.75, 3.05) is 26.2 Å². The van der Waals surface area contributed by atoms with Crippen molar-refractivity contribution >= 4 is 5.91 Å². The van der Waals surface area contributed by atoms with Gasteiger partial charge in [-0.2, -0.15) is 0 Å². The van der Waals surface area contributed by atoms with Crippen LogP contribution in [0.15, 0.2) is 0 Å². The van der Waals surface area contributed by atoms with Crippen LogP contribution in [-0.2, 0) is 9.53 Å². The number of hydrogen-bond acceptors (Lipinski definition) is 3. The molecule has 2 heterocycles. The molecule has 0 aromatic heterocycles. The van der Waals surface area contributed by atoms with E-state index < -0.39 is 0 Å². The first-order valence-corrected chi connectivity index (χ1v) is 6.16. The van der Waals surface area contributed by atoms with Gasteiger partial charge in [-0.05, 0) is 33.7 Å². The van der Waals surface area contributed by atoms with Crippen LogP contribution in [0.25, 0.3) is 0 Å². The van der Waals surface area contributed by atoms with Gasteiger partial charge >= 0.3 is 0 Å². The van der Waals surface area contributed by atoms with Gasteiger partial charge in [0.15, 0.2) is 0 Å². The first-order valence-electron chi connectivity index (χ1n) is 6.16. The Hall–Kier alpha value is -0.610. The van der Waals surface area contributed by atoms with Crippen LogP contribution in [0.2, 0.25) is 0 Å². The molecular weight excluding hydrogens is 204 g/mol. The molecule has 16 heavy (non-hydrogen) atoms. The summed E-state index contributed by atoms with van der Waals surface area (Å²) in [6.45, 7) is 9.33. The second-order valence-corrected chi connectivity index (χ2v) is 5.44. The molecule has 1 amide bonds. The quantitative estimate of drug-likeness (QED) is 0.713. The molecule has 92 valence electrons. The van der Waals surface area contributed by atoms with Gasteiger partial charge in [0.2, 0.25) is 5.91 Å². The van der Waals surface area contributed by atoms with Gasteiger partial charge in [0.05, 0.1) is 24.2 Å². The van der Waals surface area contributed by atoms with E-state index in [-0.39, 0.29) is 17.6 Å². The van der Waals surface area contributed by atoms with Crippen LogP contribution in [0.5, 0.6) is 0 Å². The number of rotatable bonds is 1. The molecule has 1 N–H and O–H groups in total. The number of amides is 1. The van der Waals surface area contributed by atoms with E-state index in [0.29, 0.717) is 12.5 Å². The first kappa shape index (κ1) is 11.9. The predicted molar refractivity (Wildman–Crippen MR) is 62.2 cm³/mol. The summed E-state index contributed by atoms with van der Waals surface area (Å²) in [5, 5.41) is 3.28. The molecular formula is C12H22N2O2. The lowest BCUT2D eigenvalue weighted by Gasteiger charge is -2.40. The highest BCUT2D eigenvalue weighted by Crippen LogP contribution is 2.29. The van der Waals surface area contributed by atoms with Gasteiger partial charge in [0, 0.05) is 13.1 Å². The summed E-state index contributed by atoms with van der Waals surface area (Å²) >= 11 is 0. The Balaban J connectivity index is 2.07. The third-order valence-electron chi connectivity index (χ3n) is 3.75. The fourth-order valence-corrected chi connectivity index (χ4v) is 2.53. The van der Waals surface area contributed by atoms with Gasteiger partial charge in [0.25, 0.3) is 0 Å². The Morgan fingerprint density at radius 1 is 1.50 bits per heavy atom. The van der Waals surface area contributed by atoms with Gasteiger partial charge in [0.1, 0.15) is 0 Å². The zero-order chi connectivity index (χ0) is 11.8. The number of nitrogens with zero attached hydrogens (tertiary/aromatic N) is 1. The topological polar surface area (TPSA) is 41.6 Å². The molecule has 0 radical (unpaired) electrons. The van der Waals surface area contributed by atoms with Crippen molar-refractivity contribution in [3.05, 3.63) is 0 Å². The fraction of sp³-hybridized carbons (Fsp3) is 0.917. The van der Waals surface area contributed by atoms with Crippen LogP contribution in [0.1, 0.15) is 27.2 Å². The maximum atomic E-state index is 12.5. The molecule has 2 aliphatic rings. The molecule has 0 bridgehead atoms. The normalized spacial score (nSPS) is 40.1. The summed E-state index contributed by atoms with van der Waals surface area (Å²) in [5.74, 6) is 0.292. The van der Waals surface area contributed by atoms with Crippen molar-refractivity contribution in [3.63, 3.8) is 0 Å². The van der Waals surface area contributed by atoms with E-state index in [0.717, 1.165) is 26.1 Å². The van der Waals surface area contributed by atoms with Crippen molar-refractivity contribution < 1.29 is 9.53 Å². The van der Waals surface area contributed by atoms with Gasteiger partial charge in [-0.15, -0.1) is 0 Å². The van der Waals surface area contributed by atoms with E-state index in [2.05, 4.69) is 19.2 Å². The summed E-state index contributed by atoms with van der Waals surface area (Å²) in [7, 11) is 0. The number of hydrogen-bond donors (Lipinski definition) is 1. The van der Waals surface area contributed by atoms with Gasteiger partial charge in [-0.3, -0.25) is 4.79 Å². The highest BCUT2D eigenvalue weighted by molar-refractivity contribution is 5.83. The second-order valence-electron chi connectivity index (χ2n) is 5.44. The van der Waals surface area contributed by atoms with Crippen molar-refractivity contribution in [3.8, 4) is 0 Å². The van der Waals surface area contributed by atoms with Crippen LogP contribution in [0, 0.1) is 5.41 Å². The van der Waals surface area contributed by atoms with Crippen molar-refractivity contribution in [1.82, 2.24) is 10.2 Å². The Kier molecular flexibility index (Phi) is 3.22. The molecule has 4 heteroatoms. The second kappa shape index (κ2) is 4.34. The molecule has 2 saturated heterocycles. The van der Waals surface area contributed by atoms with Crippen molar-refractivity contribution in [2.24, 2.45) is 5.41 Å². The minimum Gasteiger partial charge on any atom is -0.375 e. The number of morpholine rings is 1. The lowest BCUT2D eigenvalue weighted by atomic mass is 9.87. The standard InChI is InChI=1S/C12H22N2O2/c1-9-7-16-10(2)6-14(9)11(15)12(3)4-5-13-8-12/h9-10,13H,4-8H2,1-3H3. The van der Waals surface area contributed by atoms with E-state index in [9.17, 15) is 4.79 Å². The highest BCUT2D eigenvalue weighted by atomic mass is 16.5. The third-order valence-corrected chi connectivity index (χ3v) is 3.75. The molecule has 3 atom stereocenters. The van der Waals surface area contributed by atoms with Crippen LogP contribution in [0.4, 0.5) is 0 Å². The Labute approximate surface area is 97.3 Å². The molecule has 2 aliphatic heterocycles. The third kappa shape index (κ3) is 2.09. The average Bonchev–Trinajstić information content (AvgIpc) is 2.69. The van der Waals surface area contributed by atoms with E-state index in [1.165, 1.54) is 0 Å². The van der Waals surface area contributed by atoms with E-state index in [4.69, 9.17) is 4.74 Å². The summed E-state index contributed by atoms with van der Waals surface area (Å²) in [6, 6.07) is 0.209. The molecule has 0 aromatic carbocycles. The largest absolute Gasteiger partial charge is 0.375 e. The van der Waals surface area contributed by atoms with Crippen LogP contribution in [-0.4, -0.2) is 49.2 Å². The maximum absolute atomic E-state index is 12.5. The smallest absolute Gasteiger partial charge is 0.230 e. The Morgan fingerprint density at radius 2 is 2.25 bits per heavy atom. The first-order chi connectivity index (χ1) is 7.53. The highest BCUT2D eigenvalue weighted by Gasteiger charge is 2.41. The zero-order valence-corrected chi connectivity index (χ0v) is 10.5. The molecule has 0 spiro atoms. The van der Waals surface area contributed by atoms with Crippen LogP contribution >= 0.6 is 0 Å². The van der Waals surface area contributed by atoms with Crippen molar-refractivity contribution in [2.45, 2.75) is 39.3 Å². The zero-order valence-electron chi connectivity index (χ0n) is 10.5. The van der Waals surface area contributed by atoms with E-state index in [1.54, 1.807) is 0 Å². The molecule has 2 rings (SSSR count). The summed E-state index contributed by atoms with van der Waals surface area (Å²) in [6.07, 6.45) is 1.11. The van der Waals surface area contributed by atoms with Crippen LogP contribution < -0.4 is 5.32 Å². The van der Waals surface area contributed by atoms with Gasteiger partial charge in [-0.1, -0.05) is 0 Å². The van der Waals surface area contributed by atoms with Crippen molar-refractivity contribution in [1.29, 1.82) is 0 Å². The summed E-state index contributed by atoms with van der Waals surface area (Å²) in [5.41, 5.74) is -0.203. The summed E-state index contributed by atoms with van der Waals surface area (Å²) < 4.78 is 5.56. The van der Waals surface area contributed by atoms with E-state index >= 15 is 0 Å². The number of nitrogens with one attached hydrogen (secondary N) is 1. The lowest BCUT2D eigenvalue weighted by molar-refractivity contribution is -0.152. The van der Waals surface area contributed by atoms with Gasteiger partial charge < -0.3 is 15.0 Å². The predicted octanol–water partition coefficient (Wildman–Crippen LogP) is 0.622. The number of carbonyl (C=O) groups is 1. The Bertz CT molecular complexity index is 274. The molecule has 4 nitrogen and oxygen atoms in total. The molecule has 2 fully saturated rings. The Morgan fingerprint density at radius 3 is 2.88 bits per heavy atom. The minimum absolute atomic E-state index is 0.165. The lowest BCUT2D eigenvalue weighted by Crippen LogP contribution is -2.55. The SMILES string of the molecule is CC1CN(C(=O)C2(C)CCNC2)C(C)CO1. The average molecular weight is 226 g/mol. The molecule has 0 aromatic rings. The molecule has 0 saturated carbocycles. The number of ether oxygens (including phenoxy) is 1. The molecule has 3 unspecified atom stereocenters.